The lowest BCUT2D eigenvalue weighted by Gasteiger charge is -2.07. The molecular formula is C11H13ClN4OS. The molecule has 2 aromatic rings. The molecule has 0 aliphatic carbocycles. The number of nitrogens with zero attached hydrogens (tertiary/aromatic N) is 3. The number of hydrogen-bond acceptors (Lipinski definition) is 5. The van der Waals surface area contributed by atoms with Crippen molar-refractivity contribution in [3.63, 3.8) is 0 Å². The van der Waals surface area contributed by atoms with Crippen molar-refractivity contribution < 1.29 is 0 Å². The Morgan fingerprint density at radius 2 is 2.33 bits per heavy atom. The molecule has 2 rings (SSSR count). The van der Waals surface area contributed by atoms with E-state index in [-0.39, 0.29) is 10.6 Å². The molecule has 0 aromatic carbocycles. The molecule has 0 saturated heterocycles. The van der Waals surface area contributed by atoms with Crippen molar-refractivity contribution in [2.75, 3.05) is 11.9 Å². The van der Waals surface area contributed by atoms with Gasteiger partial charge in [0.15, 0.2) is 0 Å². The molecule has 0 radical (unpaired) electrons. The van der Waals surface area contributed by atoms with Gasteiger partial charge < -0.3 is 5.32 Å². The van der Waals surface area contributed by atoms with E-state index >= 15 is 0 Å². The lowest BCUT2D eigenvalue weighted by Crippen LogP contribution is -2.21. The fourth-order valence-electron chi connectivity index (χ4n) is 1.46. The van der Waals surface area contributed by atoms with Gasteiger partial charge in [0.25, 0.3) is 5.56 Å². The predicted octanol–water partition coefficient (Wildman–Crippen LogP) is 1.85. The maximum Gasteiger partial charge on any atom is 0.287 e. The van der Waals surface area contributed by atoms with Crippen molar-refractivity contribution in [3.05, 3.63) is 37.7 Å². The summed E-state index contributed by atoms with van der Waals surface area (Å²) < 4.78 is 1.21. The Morgan fingerprint density at radius 3 is 3.00 bits per heavy atom. The molecule has 18 heavy (non-hydrogen) atoms. The minimum Gasteiger partial charge on any atom is -0.382 e. The summed E-state index contributed by atoms with van der Waals surface area (Å²) in [6.07, 6.45) is 2.35. The summed E-state index contributed by atoms with van der Waals surface area (Å²) in [5, 5.41) is 10.3. The third-order valence-corrected chi connectivity index (χ3v) is 3.79. The Hall–Kier alpha value is -1.40. The van der Waals surface area contributed by atoms with E-state index in [1.54, 1.807) is 24.6 Å². The average molecular weight is 285 g/mol. The van der Waals surface area contributed by atoms with Gasteiger partial charge in [0, 0.05) is 31.1 Å². The third-order valence-electron chi connectivity index (χ3n) is 2.40. The summed E-state index contributed by atoms with van der Waals surface area (Å²) >= 11 is 7.56. The zero-order chi connectivity index (χ0) is 13.1. The Morgan fingerprint density at radius 1 is 1.56 bits per heavy atom. The van der Waals surface area contributed by atoms with Crippen LogP contribution in [0.15, 0.2) is 16.4 Å². The highest BCUT2D eigenvalue weighted by Gasteiger charge is 2.07. The van der Waals surface area contributed by atoms with Crippen molar-refractivity contribution in [3.8, 4) is 0 Å². The molecule has 0 atom stereocenters. The third kappa shape index (κ3) is 2.88. The Bertz CT molecular complexity index is 607. The second kappa shape index (κ2) is 5.49. The van der Waals surface area contributed by atoms with Gasteiger partial charge in [0.1, 0.15) is 5.02 Å². The Balaban J connectivity index is 1.99. The van der Waals surface area contributed by atoms with E-state index in [1.807, 2.05) is 12.3 Å². The van der Waals surface area contributed by atoms with E-state index in [9.17, 15) is 4.79 Å². The number of aromatic nitrogens is 3. The van der Waals surface area contributed by atoms with E-state index in [0.717, 1.165) is 17.1 Å². The number of thiazole rings is 1. The van der Waals surface area contributed by atoms with Gasteiger partial charge in [0.05, 0.1) is 16.9 Å². The monoisotopic (exact) mass is 284 g/mol. The van der Waals surface area contributed by atoms with Gasteiger partial charge in [-0.2, -0.15) is 5.10 Å². The first-order chi connectivity index (χ1) is 8.58. The highest BCUT2D eigenvalue weighted by molar-refractivity contribution is 7.09. The zero-order valence-corrected chi connectivity index (χ0v) is 11.7. The van der Waals surface area contributed by atoms with Gasteiger partial charge >= 0.3 is 0 Å². The van der Waals surface area contributed by atoms with Gasteiger partial charge in [-0.15, -0.1) is 11.3 Å². The largest absolute Gasteiger partial charge is 0.382 e. The van der Waals surface area contributed by atoms with E-state index in [1.165, 1.54) is 4.68 Å². The number of nitrogens with one attached hydrogen (secondary N) is 1. The first kappa shape index (κ1) is 13.0. The lowest BCUT2D eigenvalue weighted by atomic mass is 10.4. The van der Waals surface area contributed by atoms with Gasteiger partial charge in [-0.1, -0.05) is 11.6 Å². The quantitative estimate of drug-likeness (QED) is 0.931. The number of rotatable bonds is 4. The normalized spacial score (nSPS) is 10.6. The van der Waals surface area contributed by atoms with Crippen LogP contribution in [0.1, 0.15) is 10.7 Å². The van der Waals surface area contributed by atoms with Crippen LogP contribution in [0.25, 0.3) is 0 Å². The van der Waals surface area contributed by atoms with E-state index in [2.05, 4.69) is 15.4 Å². The van der Waals surface area contributed by atoms with Crippen LogP contribution in [-0.4, -0.2) is 21.3 Å². The Kier molecular flexibility index (Phi) is 3.98. The van der Waals surface area contributed by atoms with Crippen LogP contribution >= 0.6 is 22.9 Å². The van der Waals surface area contributed by atoms with Crippen LogP contribution in [0.3, 0.4) is 0 Å². The summed E-state index contributed by atoms with van der Waals surface area (Å²) in [7, 11) is 1.57. The fraction of sp³-hybridized carbons (Fsp3) is 0.364. The van der Waals surface area contributed by atoms with E-state index in [0.29, 0.717) is 12.2 Å². The van der Waals surface area contributed by atoms with Gasteiger partial charge in [-0.25, -0.2) is 9.67 Å². The van der Waals surface area contributed by atoms with Crippen LogP contribution < -0.4 is 10.9 Å². The second-order valence-corrected chi connectivity index (χ2v) is 5.18. The maximum absolute atomic E-state index is 11.5. The standard InChI is InChI=1S/C11H13ClN4OS/c1-7-6-18-9(15-7)3-4-13-8-5-14-16(2)11(17)10(8)12/h5-6,13H,3-4H2,1-2H3. The van der Waals surface area contributed by atoms with Crippen LogP contribution in [0.5, 0.6) is 0 Å². The molecular weight excluding hydrogens is 272 g/mol. The SMILES string of the molecule is Cc1csc(CCNc2cnn(C)c(=O)c2Cl)n1. The van der Waals surface area contributed by atoms with Gasteiger partial charge in [-0.05, 0) is 6.92 Å². The molecule has 96 valence electrons. The number of anilines is 1. The molecule has 5 nitrogen and oxygen atoms in total. The van der Waals surface area contributed by atoms with Crippen molar-refractivity contribution in [1.29, 1.82) is 0 Å². The maximum atomic E-state index is 11.5. The van der Waals surface area contributed by atoms with Crippen molar-refractivity contribution in [1.82, 2.24) is 14.8 Å². The molecule has 0 bridgehead atoms. The molecule has 0 unspecified atom stereocenters. The topological polar surface area (TPSA) is 59.8 Å². The molecule has 0 spiro atoms. The molecule has 0 amide bonds. The summed E-state index contributed by atoms with van der Waals surface area (Å²) in [6, 6.07) is 0. The van der Waals surface area contributed by atoms with Crippen LogP contribution in [0.4, 0.5) is 5.69 Å². The smallest absolute Gasteiger partial charge is 0.287 e. The molecule has 2 heterocycles. The fourth-order valence-corrected chi connectivity index (χ4v) is 2.47. The summed E-state index contributed by atoms with van der Waals surface area (Å²) in [5.74, 6) is 0. The lowest BCUT2D eigenvalue weighted by molar-refractivity contribution is 0.708. The summed E-state index contributed by atoms with van der Waals surface area (Å²) in [6.45, 7) is 2.64. The number of hydrogen-bond donors (Lipinski definition) is 1. The van der Waals surface area contributed by atoms with Crippen molar-refractivity contribution in [2.24, 2.45) is 7.05 Å². The number of halogens is 1. The minimum atomic E-state index is -0.299. The van der Waals surface area contributed by atoms with Crippen molar-refractivity contribution >= 4 is 28.6 Å². The molecule has 0 fully saturated rings. The van der Waals surface area contributed by atoms with E-state index < -0.39 is 0 Å². The van der Waals surface area contributed by atoms with Gasteiger partial charge in [-0.3, -0.25) is 4.79 Å². The predicted molar refractivity (Wildman–Crippen MR) is 73.5 cm³/mol. The minimum absolute atomic E-state index is 0.169. The number of aryl methyl sites for hydroxylation is 2. The summed E-state index contributed by atoms with van der Waals surface area (Å²) in [4.78, 5) is 15.9. The average Bonchev–Trinajstić information content (AvgIpc) is 2.75. The highest BCUT2D eigenvalue weighted by Crippen LogP contribution is 2.15. The molecule has 0 saturated carbocycles. The second-order valence-electron chi connectivity index (χ2n) is 3.86. The molecule has 1 N–H and O–H groups in total. The first-order valence-corrected chi connectivity index (χ1v) is 6.70. The van der Waals surface area contributed by atoms with Gasteiger partial charge in [0.2, 0.25) is 0 Å². The van der Waals surface area contributed by atoms with E-state index in [4.69, 9.17) is 11.6 Å². The molecule has 7 heteroatoms. The zero-order valence-electron chi connectivity index (χ0n) is 10.1. The summed E-state index contributed by atoms with van der Waals surface area (Å²) in [5.41, 5.74) is 1.29. The van der Waals surface area contributed by atoms with Crippen molar-refractivity contribution in [2.45, 2.75) is 13.3 Å². The highest BCUT2D eigenvalue weighted by atomic mass is 35.5. The van der Waals surface area contributed by atoms with Crippen LogP contribution in [0, 0.1) is 6.92 Å². The molecule has 0 aliphatic heterocycles. The molecule has 2 aromatic heterocycles. The first-order valence-electron chi connectivity index (χ1n) is 5.44. The Labute approximate surface area is 113 Å². The van der Waals surface area contributed by atoms with Crippen LogP contribution in [0.2, 0.25) is 5.02 Å². The molecule has 0 aliphatic rings. The van der Waals surface area contributed by atoms with Crippen LogP contribution in [-0.2, 0) is 13.5 Å².